The Labute approximate surface area is 69.5 Å². The molecule has 0 aromatic carbocycles. The van der Waals surface area contributed by atoms with Gasteiger partial charge in [0.05, 0.1) is 12.2 Å². The van der Waals surface area contributed by atoms with Crippen LogP contribution in [0.5, 0.6) is 0 Å². The summed E-state index contributed by atoms with van der Waals surface area (Å²) < 4.78 is 5.72. The van der Waals surface area contributed by atoms with Gasteiger partial charge in [-0.2, -0.15) is 0 Å². The molecular weight excluding hydrogens is 138 g/mol. The van der Waals surface area contributed by atoms with Crippen LogP contribution < -0.4 is 0 Å². The molecule has 0 unspecified atom stereocenters. The third kappa shape index (κ3) is 2.17. The molecule has 0 aromatic rings. The maximum absolute atomic E-state index is 5.72. The number of hydrogen-bond donors (Lipinski definition) is 0. The van der Waals surface area contributed by atoms with Gasteiger partial charge in [-0.05, 0) is 40.8 Å². The van der Waals surface area contributed by atoms with Crippen molar-refractivity contribution in [2.75, 3.05) is 14.1 Å². The SMILES string of the molecule is C[C@H]1CC[C@@H](N(C)C)[C@@H](C)O1. The van der Waals surface area contributed by atoms with Crippen LogP contribution in [0.25, 0.3) is 0 Å². The Morgan fingerprint density at radius 3 is 2.27 bits per heavy atom. The molecule has 1 heterocycles. The van der Waals surface area contributed by atoms with Crippen LogP contribution in [-0.4, -0.2) is 37.2 Å². The summed E-state index contributed by atoms with van der Waals surface area (Å²) in [6.45, 7) is 4.32. The first kappa shape index (κ1) is 9.01. The van der Waals surface area contributed by atoms with Gasteiger partial charge in [0.15, 0.2) is 0 Å². The topological polar surface area (TPSA) is 12.5 Å². The van der Waals surface area contributed by atoms with E-state index in [0.29, 0.717) is 18.2 Å². The Hall–Kier alpha value is -0.0800. The summed E-state index contributed by atoms with van der Waals surface area (Å²) in [6, 6.07) is 0.617. The summed E-state index contributed by atoms with van der Waals surface area (Å²) in [4.78, 5) is 2.26. The minimum Gasteiger partial charge on any atom is -0.374 e. The van der Waals surface area contributed by atoms with Crippen molar-refractivity contribution in [2.24, 2.45) is 0 Å². The molecule has 3 atom stereocenters. The number of likely N-dealkylation sites (N-methyl/N-ethyl adjacent to an activating group) is 1. The van der Waals surface area contributed by atoms with E-state index >= 15 is 0 Å². The van der Waals surface area contributed by atoms with Gasteiger partial charge in [0.1, 0.15) is 0 Å². The summed E-state index contributed by atoms with van der Waals surface area (Å²) in [7, 11) is 4.25. The molecule has 0 aliphatic carbocycles. The van der Waals surface area contributed by atoms with Gasteiger partial charge in [-0.1, -0.05) is 0 Å². The Kier molecular flexibility index (Phi) is 2.90. The fourth-order valence-electron chi connectivity index (χ4n) is 1.84. The fourth-order valence-corrected chi connectivity index (χ4v) is 1.84. The quantitative estimate of drug-likeness (QED) is 0.572. The molecule has 11 heavy (non-hydrogen) atoms. The van der Waals surface area contributed by atoms with Crippen molar-refractivity contribution in [2.45, 2.75) is 44.9 Å². The average molecular weight is 157 g/mol. The highest BCUT2D eigenvalue weighted by atomic mass is 16.5. The minimum absolute atomic E-state index is 0.397. The molecule has 1 rings (SSSR count). The largest absolute Gasteiger partial charge is 0.374 e. The minimum atomic E-state index is 0.397. The zero-order valence-corrected chi connectivity index (χ0v) is 8.00. The van der Waals surface area contributed by atoms with Gasteiger partial charge in [-0.3, -0.25) is 0 Å². The lowest BCUT2D eigenvalue weighted by atomic mass is 9.99. The standard InChI is InChI=1S/C9H19NO/c1-7-5-6-9(10(3)4)8(2)11-7/h7-9H,5-6H2,1-4H3/t7-,8+,9+/m0/s1. The second-order valence-electron chi connectivity index (χ2n) is 3.76. The zero-order chi connectivity index (χ0) is 8.43. The van der Waals surface area contributed by atoms with Crippen LogP contribution in [0.15, 0.2) is 0 Å². The molecule has 1 aliphatic rings. The van der Waals surface area contributed by atoms with Gasteiger partial charge in [0.2, 0.25) is 0 Å². The summed E-state index contributed by atoms with van der Waals surface area (Å²) >= 11 is 0. The molecule has 0 saturated carbocycles. The first-order chi connectivity index (χ1) is 5.11. The molecule has 0 aromatic heterocycles. The molecule has 1 aliphatic heterocycles. The van der Waals surface area contributed by atoms with E-state index in [0.717, 1.165) is 0 Å². The third-order valence-corrected chi connectivity index (χ3v) is 2.52. The lowest BCUT2D eigenvalue weighted by Gasteiger charge is -2.37. The zero-order valence-electron chi connectivity index (χ0n) is 8.00. The van der Waals surface area contributed by atoms with E-state index in [1.165, 1.54) is 12.8 Å². The molecule has 2 nitrogen and oxygen atoms in total. The second-order valence-corrected chi connectivity index (χ2v) is 3.76. The van der Waals surface area contributed by atoms with Crippen molar-refractivity contribution in [3.63, 3.8) is 0 Å². The predicted octanol–water partition coefficient (Wildman–Crippen LogP) is 1.50. The average Bonchev–Trinajstić information content (AvgIpc) is 1.85. The highest BCUT2D eigenvalue weighted by Crippen LogP contribution is 2.21. The molecular formula is C9H19NO. The summed E-state index contributed by atoms with van der Waals surface area (Å²) in [6.07, 6.45) is 3.33. The maximum atomic E-state index is 5.72. The summed E-state index contributed by atoms with van der Waals surface area (Å²) in [5.74, 6) is 0. The van der Waals surface area contributed by atoms with Gasteiger partial charge in [-0.25, -0.2) is 0 Å². The normalized spacial score (nSPS) is 39.5. The van der Waals surface area contributed by atoms with Gasteiger partial charge >= 0.3 is 0 Å². The summed E-state index contributed by atoms with van der Waals surface area (Å²) in [5, 5.41) is 0. The molecule has 66 valence electrons. The number of hydrogen-bond acceptors (Lipinski definition) is 2. The van der Waals surface area contributed by atoms with E-state index in [9.17, 15) is 0 Å². The van der Waals surface area contributed by atoms with E-state index in [4.69, 9.17) is 4.74 Å². The molecule has 1 fully saturated rings. The van der Waals surface area contributed by atoms with E-state index in [2.05, 4.69) is 32.8 Å². The van der Waals surface area contributed by atoms with Crippen molar-refractivity contribution in [1.82, 2.24) is 4.90 Å². The van der Waals surface area contributed by atoms with E-state index in [1.807, 2.05) is 0 Å². The lowest BCUT2D eigenvalue weighted by molar-refractivity contribution is -0.0721. The lowest BCUT2D eigenvalue weighted by Crippen LogP contribution is -2.44. The predicted molar refractivity (Wildman–Crippen MR) is 46.7 cm³/mol. The molecule has 0 spiro atoms. The van der Waals surface area contributed by atoms with Crippen LogP contribution in [0.3, 0.4) is 0 Å². The Balaban J connectivity index is 2.44. The second kappa shape index (κ2) is 3.55. The molecule has 0 bridgehead atoms. The van der Waals surface area contributed by atoms with Crippen LogP contribution in [0, 0.1) is 0 Å². The maximum Gasteiger partial charge on any atom is 0.0705 e. The number of ether oxygens (including phenoxy) is 1. The van der Waals surface area contributed by atoms with Crippen LogP contribution >= 0.6 is 0 Å². The first-order valence-corrected chi connectivity index (χ1v) is 4.43. The highest BCUT2D eigenvalue weighted by molar-refractivity contribution is 4.79. The molecule has 0 radical (unpaired) electrons. The Morgan fingerprint density at radius 2 is 1.82 bits per heavy atom. The van der Waals surface area contributed by atoms with E-state index in [-0.39, 0.29) is 0 Å². The smallest absolute Gasteiger partial charge is 0.0705 e. The van der Waals surface area contributed by atoms with Crippen molar-refractivity contribution in [3.05, 3.63) is 0 Å². The van der Waals surface area contributed by atoms with Crippen molar-refractivity contribution in [1.29, 1.82) is 0 Å². The van der Waals surface area contributed by atoms with Crippen molar-refractivity contribution in [3.8, 4) is 0 Å². The molecule has 1 saturated heterocycles. The van der Waals surface area contributed by atoms with Crippen LogP contribution in [0.4, 0.5) is 0 Å². The van der Waals surface area contributed by atoms with Crippen LogP contribution in [0.2, 0.25) is 0 Å². The van der Waals surface area contributed by atoms with Crippen molar-refractivity contribution >= 4 is 0 Å². The highest BCUT2D eigenvalue weighted by Gasteiger charge is 2.26. The van der Waals surface area contributed by atoms with Gasteiger partial charge in [-0.15, -0.1) is 0 Å². The molecule has 0 amide bonds. The van der Waals surface area contributed by atoms with E-state index < -0.39 is 0 Å². The Bertz CT molecular complexity index is 125. The molecule has 2 heteroatoms. The van der Waals surface area contributed by atoms with Gasteiger partial charge in [0.25, 0.3) is 0 Å². The van der Waals surface area contributed by atoms with Crippen LogP contribution in [-0.2, 0) is 4.74 Å². The Morgan fingerprint density at radius 1 is 1.18 bits per heavy atom. The summed E-state index contributed by atoms with van der Waals surface area (Å²) in [5.41, 5.74) is 0. The monoisotopic (exact) mass is 157 g/mol. The molecule has 0 N–H and O–H groups in total. The van der Waals surface area contributed by atoms with Crippen molar-refractivity contribution < 1.29 is 4.74 Å². The van der Waals surface area contributed by atoms with E-state index in [1.54, 1.807) is 0 Å². The first-order valence-electron chi connectivity index (χ1n) is 4.43. The third-order valence-electron chi connectivity index (χ3n) is 2.52. The van der Waals surface area contributed by atoms with Crippen LogP contribution in [0.1, 0.15) is 26.7 Å². The number of rotatable bonds is 1. The van der Waals surface area contributed by atoms with Gasteiger partial charge in [0, 0.05) is 6.04 Å². The van der Waals surface area contributed by atoms with Gasteiger partial charge < -0.3 is 9.64 Å². The fraction of sp³-hybridized carbons (Fsp3) is 1.00. The number of nitrogens with zero attached hydrogens (tertiary/aromatic N) is 1.